The molecule has 3 aliphatic rings. The predicted molar refractivity (Wildman–Crippen MR) is 104 cm³/mol. The van der Waals surface area contributed by atoms with Crippen LogP contribution < -0.4 is 0 Å². The van der Waals surface area contributed by atoms with Crippen molar-refractivity contribution in [3.05, 3.63) is 35.9 Å². The van der Waals surface area contributed by atoms with Gasteiger partial charge in [-0.05, 0) is 63.7 Å². The highest BCUT2D eigenvalue weighted by Crippen LogP contribution is 2.46. The van der Waals surface area contributed by atoms with E-state index in [1.807, 2.05) is 6.07 Å². The molecule has 1 saturated heterocycles. The molecule has 26 heavy (non-hydrogen) atoms. The summed E-state index contributed by atoms with van der Waals surface area (Å²) in [6, 6.07) is 10.4. The Morgan fingerprint density at radius 1 is 1.04 bits per heavy atom. The van der Waals surface area contributed by atoms with Gasteiger partial charge in [-0.1, -0.05) is 56.0 Å². The van der Waals surface area contributed by atoms with Crippen LogP contribution in [0.3, 0.4) is 0 Å². The number of nitrogens with zero attached hydrogens (tertiary/aromatic N) is 1. The molecule has 3 fully saturated rings. The van der Waals surface area contributed by atoms with Gasteiger partial charge >= 0.3 is 5.97 Å². The molecule has 0 bridgehead atoms. The minimum Gasteiger partial charge on any atom is -0.461 e. The smallest absolute Gasteiger partial charge is 0.316 e. The second-order valence-electron chi connectivity index (χ2n) is 8.85. The quantitative estimate of drug-likeness (QED) is 0.588. The van der Waals surface area contributed by atoms with Crippen molar-refractivity contribution in [3.8, 4) is 0 Å². The van der Waals surface area contributed by atoms with Crippen LogP contribution in [-0.2, 0) is 14.9 Å². The summed E-state index contributed by atoms with van der Waals surface area (Å²) in [5, 5.41) is 0. The number of carbonyl (C=O) groups excluding carboxylic acids is 1. The van der Waals surface area contributed by atoms with Crippen molar-refractivity contribution >= 4 is 5.97 Å². The van der Waals surface area contributed by atoms with E-state index in [1.54, 1.807) is 0 Å². The fraction of sp³-hybridized carbons (Fsp3) is 0.696. The van der Waals surface area contributed by atoms with Gasteiger partial charge in [0.05, 0.1) is 5.41 Å². The molecule has 142 valence electrons. The van der Waals surface area contributed by atoms with Crippen LogP contribution in [0, 0.1) is 11.8 Å². The van der Waals surface area contributed by atoms with Crippen molar-refractivity contribution in [1.29, 1.82) is 0 Å². The van der Waals surface area contributed by atoms with E-state index in [4.69, 9.17) is 4.74 Å². The second-order valence-corrected chi connectivity index (χ2v) is 8.85. The van der Waals surface area contributed by atoms with Crippen LogP contribution in [0.5, 0.6) is 0 Å². The van der Waals surface area contributed by atoms with E-state index in [9.17, 15) is 4.79 Å². The molecule has 4 rings (SSSR count). The number of esters is 1. The SMILES string of the molecule is CN1CCC2C[C@H](OC(=O)C3(c4ccccc4)CCCCCC3)C2CC1. The number of ether oxygens (including phenoxy) is 1. The molecule has 2 aliphatic carbocycles. The number of fused-ring (bicyclic) bond motifs is 1. The summed E-state index contributed by atoms with van der Waals surface area (Å²) in [6.45, 7) is 2.33. The minimum atomic E-state index is -0.412. The Labute approximate surface area is 158 Å². The average molecular weight is 356 g/mol. The van der Waals surface area contributed by atoms with Crippen molar-refractivity contribution in [1.82, 2.24) is 4.90 Å². The summed E-state index contributed by atoms with van der Waals surface area (Å²) in [4.78, 5) is 15.9. The molecule has 2 unspecified atom stereocenters. The fourth-order valence-corrected chi connectivity index (χ4v) is 5.46. The molecule has 1 heterocycles. The number of hydrogen-bond acceptors (Lipinski definition) is 3. The first-order valence-corrected chi connectivity index (χ1v) is 10.6. The third-order valence-corrected chi connectivity index (χ3v) is 7.28. The maximum atomic E-state index is 13.5. The minimum absolute atomic E-state index is 0.0617. The Morgan fingerprint density at radius 2 is 1.73 bits per heavy atom. The van der Waals surface area contributed by atoms with Gasteiger partial charge in [0.1, 0.15) is 6.10 Å². The summed E-state index contributed by atoms with van der Waals surface area (Å²) in [6.07, 6.45) is 10.3. The van der Waals surface area contributed by atoms with Crippen molar-refractivity contribution < 1.29 is 9.53 Å². The van der Waals surface area contributed by atoms with Crippen LogP contribution in [0.1, 0.15) is 63.4 Å². The van der Waals surface area contributed by atoms with E-state index in [0.717, 1.165) is 44.6 Å². The van der Waals surface area contributed by atoms with Gasteiger partial charge in [-0.25, -0.2) is 0 Å². The number of benzene rings is 1. The standard InChI is InChI=1S/C23H33NO2/c1-24-15-11-18-17-21(20(18)12-16-24)26-22(25)23(13-7-2-3-8-14-23)19-9-5-4-6-10-19/h4-6,9-10,18,20-21H,2-3,7-8,11-17H2,1H3/t18?,20?,21-/m0/s1. The van der Waals surface area contributed by atoms with E-state index in [-0.39, 0.29) is 12.1 Å². The molecule has 3 heteroatoms. The monoisotopic (exact) mass is 355 g/mol. The van der Waals surface area contributed by atoms with Crippen LogP contribution in [0.4, 0.5) is 0 Å². The summed E-state index contributed by atoms with van der Waals surface area (Å²) in [5.41, 5.74) is 0.757. The predicted octanol–water partition coefficient (Wildman–Crippen LogP) is 4.55. The lowest BCUT2D eigenvalue weighted by Gasteiger charge is -2.45. The van der Waals surface area contributed by atoms with Crippen LogP contribution in [0.2, 0.25) is 0 Å². The van der Waals surface area contributed by atoms with E-state index >= 15 is 0 Å². The summed E-state index contributed by atoms with van der Waals surface area (Å²) >= 11 is 0. The van der Waals surface area contributed by atoms with Crippen LogP contribution in [-0.4, -0.2) is 37.1 Å². The topological polar surface area (TPSA) is 29.5 Å². The molecule has 3 atom stereocenters. The first-order valence-electron chi connectivity index (χ1n) is 10.6. The van der Waals surface area contributed by atoms with Gasteiger partial charge in [0.2, 0.25) is 0 Å². The van der Waals surface area contributed by atoms with E-state index in [0.29, 0.717) is 5.92 Å². The zero-order valence-electron chi connectivity index (χ0n) is 16.2. The molecule has 0 N–H and O–H groups in total. The zero-order valence-corrected chi connectivity index (χ0v) is 16.2. The molecular formula is C23H33NO2. The Balaban J connectivity index is 1.50. The summed E-state index contributed by atoms with van der Waals surface area (Å²) < 4.78 is 6.24. The van der Waals surface area contributed by atoms with Gasteiger partial charge in [0.15, 0.2) is 0 Å². The maximum Gasteiger partial charge on any atom is 0.316 e. The molecule has 1 aliphatic heterocycles. The van der Waals surface area contributed by atoms with E-state index in [1.165, 1.54) is 37.8 Å². The van der Waals surface area contributed by atoms with Crippen LogP contribution in [0.25, 0.3) is 0 Å². The number of carbonyl (C=O) groups is 1. The fourth-order valence-electron chi connectivity index (χ4n) is 5.46. The highest BCUT2D eigenvalue weighted by molar-refractivity contribution is 5.83. The van der Waals surface area contributed by atoms with Gasteiger partial charge in [-0.3, -0.25) is 4.79 Å². The lowest BCUT2D eigenvalue weighted by atomic mass is 9.68. The molecule has 1 aromatic rings. The zero-order chi connectivity index (χ0) is 18.0. The molecule has 2 saturated carbocycles. The molecule has 0 radical (unpaired) electrons. The van der Waals surface area contributed by atoms with Gasteiger partial charge in [-0.2, -0.15) is 0 Å². The van der Waals surface area contributed by atoms with Crippen molar-refractivity contribution in [2.45, 2.75) is 69.3 Å². The summed E-state index contributed by atoms with van der Waals surface area (Å²) in [7, 11) is 2.21. The lowest BCUT2D eigenvalue weighted by Crippen LogP contribution is -2.48. The van der Waals surface area contributed by atoms with Gasteiger partial charge in [-0.15, -0.1) is 0 Å². The number of likely N-dealkylation sites (tertiary alicyclic amines) is 1. The number of rotatable bonds is 3. The van der Waals surface area contributed by atoms with Gasteiger partial charge < -0.3 is 9.64 Å². The molecule has 0 aromatic heterocycles. The first-order chi connectivity index (χ1) is 12.7. The second kappa shape index (κ2) is 7.72. The third-order valence-electron chi connectivity index (χ3n) is 7.28. The van der Waals surface area contributed by atoms with Gasteiger partial charge in [0.25, 0.3) is 0 Å². The van der Waals surface area contributed by atoms with Crippen molar-refractivity contribution in [3.63, 3.8) is 0 Å². The van der Waals surface area contributed by atoms with E-state index < -0.39 is 5.41 Å². The third kappa shape index (κ3) is 3.43. The van der Waals surface area contributed by atoms with Crippen molar-refractivity contribution in [2.75, 3.05) is 20.1 Å². The Hall–Kier alpha value is -1.35. The normalized spacial score (nSPS) is 31.8. The Kier molecular flexibility index (Phi) is 5.35. The van der Waals surface area contributed by atoms with Gasteiger partial charge in [0, 0.05) is 5.92 Å². The van der Waals surface area contributed by atoms with Crippen LogP contribution in [0.15, 0.2) is 30.3 Å². The van der Waals surface area contributed by atoms with E-state index in [2.05, 4.69) is 36.2 Å². The first kappa shape index (κ1) is 18.0. The average Bonchev–Trinajstić information content (AvgIpc) is 2.98. The molecule has 1 aromatic carbocycles. The lowest BCUT2D eigenvalue weighted by molar-refractivity contribution is -0.171. The Morgan fingerprint density at radius 3 is 2.46 bits per heavy atom. The summed E-state index contributed by atoms with van der Waals surface area (Å²) in [5.74, 6) is 1.41. The largest absolute Gasteiger partial charge is 0.461 e. The van der Waals surface area contributed by atoms with Crippen LogP contribution >= 0.6 is 0 Å². The molecule has 0 amide bonds. The molecule has 3 nitrogen and oxygen atoms in total. The molecular weight excluding hydrogens is 322 g/mol. The number of hydrogen-bond donors (Lipinski definition) is 0. The highest BCUT2D eigenvalue weighted by atomic mass is 16.5. The maximum absolute atomic E-state index is 13.5. The van der Waals surface area contributed by atoms with Crippen molar-refractivity contribution in [2.24, 2.45) is 11.8 Å². The Bertz CT molecular complexity index is 606. The highest BCUT2D eigenvalue weighted by Gasteiger charge is 2.48. The molecule has 0 spiro atoms.